The maximum absolute atomic E-state index is 5.96. The molecule has 19 heavy (non-hydrogen) atoms. The lowest BCUT2D eigenvalue weighted by atomic mass is 10.0. The van der Waals surface area contributed by atoms with Crippen molar-refractivity contribution in [2.75, 3.05) is 0 Å². The third-order valence-corrected chi connectivity index (χ3v) is 3.44. The summed E-state index contributed by atoms with van der Waals surface area (Å²) in [6, 6.07) is 9.69. The van der Waals surface area contributed by atoms with Gasteiger partial charge in [-0.25, -0.2) is 4.98 Å². The highest BCUT2D eigenvalue weighted by Crippen LogP contribution is 2.43. The smallest absolute Gasteiger partial charge is 0.219 e. The lowest BCUT2D eigenvalue weighted by Gasteiger charge is -2.18. The van der Waals surface area contributed by atoms with E-state index in [9.17, 15) is 0 Å². The number of aromatic nitrogens is 1. The van der Waals surface area contributed by atoms with Crippen LogP contribution in [0.15, 0.2) is 41.0 Å². The Morgan fingerprint density at radius 1 is 1.26 bits per heavy atom. The maximum Gasteiger partial charge on any atom is 0.219 e. The van der Waals surface area contributed by atoms with Gasteiger partial charge in [0, 0.05) is 28.7 Å². The van der Waals surface area contributed by atoms with Crippen molar-refractivity contribution in [3.8, 4) is 17.4 Å². The molecule has 1 aliphatic rings. The Kier molecular flexibility index (Phi) is 2.97. The molecule has 3 nitrogen and oxygen atoms in total. The first-order chi connectivity index (χ1) is 9.03. The SMILES string of the molecule is CC1(C)Cc2cccc(Oc3ccc(Br)cn3)c2O1. The third-order valence-electron chi connectivity index (χ3n) is 2.97. The molecule has 4 heteroatoms. The van der Waals surface area contributed by atoms with E-state index in [1.165, 1.54) is 5.56 Å². The van der Waals surface area contributed by atoms with E-state index in [4.69, 9.17) is 9.47 Å². The Hall–Kier alpha value is -1.55. The normalized spacial score (nSPS) is 15.7. The highest BCUT2D eigenvalue weighted by atomic mass is 79.9. The predicted octanol–water partition coefficient (Wildman–Crippen LogP) is 4.35. The number of pyridine rings is 1. The van der Waals surface area contributed by atoms with Crippen molar-refractivity contribution in [3.63, 3.8) is 0 Å². The van der Waals surface area contributed by atoms with Gasteiger partial charge in [-0.3, -0.25) is 0 Å². The molecule has 0 spiro atoms. The molecule has 1 aromatic carbocycles. The molecular formula is C15H14BrNO2. The van der Waals surface area contributed by atoms with Gasteiger partial charge >= 0.3 is 0 Å². The number of hydrogen-bond donors (Lipinski definition) is 0. The quantitative estimate of drug-likeness (QED) is 0.824. The van der Waals surface area contributed by atoms with Crippen molar-refractivity contribution in [1.82, 2.24) is 4.98 Å². The Labute approximate surface area is 120 Å². The molecule has 0 amide bonds. The van der Waals surface area contributed by atoms with Gasteiger partial charge in [-0.1, -0.05) is 12.1 Å². The number of hydrogen-bond acceptors (Lipinski definition) is 3. The van der Waals surface area contributed by atoms with Crippen LogP contribution in [0, 0.1) is 0 Å². The second kappa shape index (κ2) is 4.53. The molecule has 0 unspecified atom stereocenters. The largest absolute Gasteiger partial charge is 0.483 e. The summed E-state index contributed by atoms with van der Waals surface area (Å²) in [5.41, 5.74) is 1.01. The van der Waals surface area contributed by atoms with Crippen LogP contribution in [-0.2, 0) is 6.42 Å². The molecule has 1 aliphatic heterocycles. The van der Waals surface area contributed by atoms with Crippen molar-refractivity contribution < 1.29 is 9.47 Å². The molecule has 2 aromatic rings. The Balaban J connectivity index is 1.91. The minimum Gasteiger partial charge on any atom is -0.483 e. The van der Waals surface area contributed by atoms with E-state index in [2.05, 4.69) is 40.8 Å². The van der Waals surface area contributed by atoms with E-state index in [0.717, 1.165) is 22.4 Å². The first-order valence-electron chi connectivity index (χ1n) is 6.14. The van der Waals surface area contributed by atoms with Crippen molar-refractivity contribution in [1.29, 1.82) is 0 Å². The highest BCUT2D eigenvalue weighted by molar-refractivity contribution is 9.10. The average molecular weight is 320 g/mol. The Morgan fingerprint density at radius 2 is 2.11 bits per heavy atom. The van der Waals surface area contributed by atoms with Gasteiger partial charge < -0.3 is 9.47 Å². The Morgan fingerprint density at radius 3 is 2.84 bits per heavy atom. The number of para-hydroxylation sites is 1. The fourth-order valence-electron chi connectivity index (χ4n) is 2.20. The first-order valence-corrected chi connectivity index (χ1v) is 6.93. The van der Waals surface area contributed by atoms with E-state index in [0.29, 0.717) is 5.88 Å². The van der Waals surface area contributed by atoms with Gasteiger partial charge in [0.1, 0.15) is 5.60 Å². The summed E-state index contributed by atoms with van der Waals surface area (Å²) in [7, 11) is 0. The molecule has 2 heterocycles. The summed E-state index contributed by atoms with van der Waals surface area (Å²) in [5, 5.41) is 0. The van der Waals surface area contributed by atoms with E-state index < -0.39 is 0 Å². The van der Waals surface area contributed by atoms with Gasteiger partial charge in [0.25, 0.3) is 0 Å². The fraction of sp³-hybridized carbons (Fsp3) is 0.267. The second-order valence-corrected chi connectivity index (χ2v) is 6.12. The van der Waals surface area contributed by atoms with Gasteiger partial charge in [-0.05, 0) is 41.9 Å². The standard InChI is InChI=1S/C15H14BrNO2/c1-15(2)8-10-4-3-5-12(14(10)19-15)18-13-7-6-11(16)9-17-13/h3-7,9H,8H2,1-2H3. The molecule has 0 saturated carbocycles. The Bertz CT molecular complexity index is 608. The van der Waals surface area contributed by atoms with E-state index in [1.807, 2.05) is 24.3 Å². The zero-order valence-electron chi connectivity index (χ0n) is 10.8. The van der Waals surface area contributed by atoms with Crippen LogP contribution in [0.25, 0.3) is 0 Å². The first kappa shape index (κ1) is 12.5. The van der Waals surface area contributed by atoms with Crippen LogP contribution in [0.4, 0.5) is 0 Å². The van der Waals surface area contributed by atoms with Crippen molar-refractivity contribution >= 4 is 15.9 Å². The topological polar surface area (TPSA) is 31.4 Å². The van der Waals surface area contributed by atoms with Gasteiger partial charge in [0.05, 0.1) is 0 Å². The lowest BCUT2D eigenvalue weighted by molar-refractivity contribution is 0.135. The molecule has 0 fully saturated rings. The van der Waals surface area contributed by atoms with E-state index >= 15 is 0 Å². The van der Waals surface area contributed by atoms with Gasteiger partial charge in [-0.15, -0.1) is 0 Å². The molecule has 98 valence electrons. The van der Waals surface area contributed by atoms with Crippen molar-refractivity contribution in [2.45, 2.75) is 25.9 Å². The number of nitrogens with zero attached hydrogens (tertiary/aromatic N) is 1. The summed E-state index contributed by atoms with van der Waals surface area (Å²) >= 11 is 3.35. The molecule has 0 saturated heterocycles. The van der Waals surface area contributed by atoms with E-state index in [1.54, 1.807) is 6.20 Å². The number of halogens is 1. The van der Waals surface area contributed by atoms with Crippen LogP contribution in [0.3, 0.4) is 0 Å². The second-order valence-electron chi connectivity index (χ2n) is 5.20. The summed E-state index contributed by atoms with van der Waals surface area (Å²) in [5.74, 6) is 2.11. The van der Waals surface area contributed by atoms with Gasteiger partial charge in [0.15, 0.2) is 11.5 Å². The molecule has 0 aliphatic carbocycles. The third kappa shape index (κ3) is 2.59. The molecule has 3 rings (SSSR count). The molecule has 0 N–H and O–H groups in total. The highest BCUT2D eigenvalue weighted by Gasteiger charge is 2.32. The zero-order chi connectivity index (χ0) is 13.5. The summed E-state index contributed by atoms with van der Waals surface area (Å²) in [6.45, 7) is 4.16. The number of benzene rings is 1. The van der Waals surface area contributed by atoms with Crippen LogP contribution in [0.2, 0.25) is 0 Å². The summed E-state index contributed by atoms with van der Waals surface area (Å²) in [6.07, 6.45) is 2.61. The van der Waals surface area contributed by atoms with Crippen molar-refractivity contribution in [2.24, 2.45) is 0 Å². The number of rotatable bonds is 2. The monoisotopic (exact) mass is 319 g/mol. The van der Waals surface area contributed by atoms with Gasteiger partial charge in [0.2, 0.25) is 5.88 Å². The molecular weight excluding hydrogens is 306 g/mol. The van der Waals surface area contributed by atoms with Crippen LogP contribution in [0.1, 0.15) is 19.4 Å². The molecule has 0 bridgehead atoms. The van der Waals surface area contributed by atoms with Crippen molar-refractivity contribution in [3.05, 3.63) is 46.6 Å². The van der Waals surface area contributed by atoms with Crippen LogP contribution < -0.4 is 9.47 Å². The number of fused-ring (bicyclic) bond motifs is 1. The average Bonchev–Trinajstić information content (AvgIpc) is 2.67. The molecule has 1 aromatic heterocycles. The lowest BCUT2D eigenvalue weighted by Crippen LogP contribution is -2.24. The summed E-state index contributed by atoms with van der Waals surface area (Å²) < 4.78 is 12.7. The van der Waals surface area contributed by atoms with Crippen LogP contribution >= 0.6 is 15.9 Å². The molecule has 0 radical (unpaired) electrons. The van der Waals surface area contributed by atoms with Gasteiger partial charge in [-0.2, -0.15) is 0 Å². The minimum absolute atomic E-state index is 0.172. The van der Waals surface area contributed by atoms with Crippen LogP contribution in [-0.4, -0.2) is 10.6 Å². The minimum atomic E-state index is -0.172. The maximum atomic E-state index is 5.96. The zero-order valence-corrected chi connectivity index (χ0v) is 12.4. The fourth-order valence-corrected chi connectivity index (χ4v) is 2.44. The summed E-state index contributed by atoms with van der Waals surface area (Å²) in [4.78, 5) is 4.21. The van der Waals surface area contributed by atoms with E-state index in [-0.39, 0.29) is 5.60 Å². The molecule has 0 atom stereocenters. The van der Waals surface area contributed by atoms with Crippen LogP contribution in [0.5, 0.6) is 17.4 Å². The number of ether oxygens (including phenoxy) is 2. The predicted molar refractivity (Wildman–Crippen MR) is 76.9 cm³/mol.